The summed E-state index contributed by atoms with van der Waals surface area (Å²) >= 11 is 0. The first-order chi connectivity index (χ1) is 15.2. The molecule has 8 nitrogen and oxygen atoms in total. The van der Waals surface area contributed by atoms with Gasteiger partial charge < -0.3 is 15.5 Å². The van der Waals surface area contributed by atoms with Crippen molar-refractivity contribution < 1.29 is 28.0 Å². The lowest BCUT2D eigenvalue weighted by atomic mass is 9.92. The molecule has 3 aliphatic rings. The van der Waals surface area contributed by atoms with Crippen molar-refractivity contribution in [1.82, 2.24) is 20.9 Å². The number of halogens is 2. The minimum absolute atomic E-state index is 0.0998. The van der Waals surface area contributed by atoms with Crippen LogP contribution in [0.4, 0.5) is 8.78 Å². The van der Waals surface area contributed by atoms with Gasteiger partial charge in [-0.2, -0.15) is 8.78 Å². The third kappa shape index (κ3) is 4.23. The Labute approximate surface area is 184 Å². The first kappa shape index (κ1) is 22.3. The Kier molecular flexibility index (Phi) is 5.98. The van der Waals surface area contributed by atoms with Crippen molar-refractivity contribution >= 4 is 23.6 Å². The third-order valence-electron chi connectivity index (χ3n) is 6.44. The Morgan fingerprint density at radius 3 is 2.69 bits per heavy atom. The molecule has 4 amide bonds. The molecular weight excluding hydrogens is 422 g/mol. The summed E-state index contributed by atoms with van der Waals surface area (Å²) in [6.07, 6.45) is 1.30. The number of imide groups is 1. The minimum Gasteiger partial charge on any atom is -0.347 e. The molecule has 0 saturated carbocycles. The van der Waals surface area contributed by atoms with Crippen LogP contribution in [-0.2, 0) is 27.5 Å². The fourth-order valence-electron chi connectivity index (χ4n) is 4.50. The van der Waals surface area contributed by atoms with Crippen molar-refractivity contribution in [3.63, 3.8) is 0 Å². The second kappa shape index (κ2) is 8.57. The number of nitrogens with one attached hydrogen (secondary N) is 3. The van der Waals surface area contributed by atoms with Gasteiger partial charge >= 0.3 is 5.92 Å². The topological polar surface area (TPSA) is 108 Å². The van der Waals surface area contributed by atoms with E-state index in [4.69, 9.17) is 0 Å². The number of fused-ring (bicyclic) bond motifs is 1. The molecule has 2 fully saturated rings. The van der Waals surface area contributed by atoms with E-state index in [9.17, 15) is 28.0 Å². The number of hydrogen-bond donors (Lipinski definition) is 3. The zero-order valence-corrected chi connectivity index (χ0v) is 17.7. The van der Waals surface area contributed by atoms with Gasteiger partial charge in [0.05, 0.1) is 6.04 Å². The number of amides is 4. The number of carbonyl (C=O) groups is 4. The zero-order chi connectivity index (χ0) is 23.0. The van der Waals surface area contributed by atoms with Gasteiger partial charge in [0, 0.05) is 25.1 Å². The van der Waals surface area contributed by atoms with Crippen LogP contribution in [0.15, 0.2) is 18.2 Å². The summed E-state index contributed by atoms with van der Waals surface area (Å²) < 4.78 is 29.1. The van der Waals surface area contributed by atoms with Crippen LogP contribution in [-0.4, -0.2) is 53.1 Å². The molecule has 3 unspecified atom stereocenters. The second-order valence-corrected chi connectivity index (χ2v) is 8.84. The summed E-state index contributed by atoms with van der Waals surface area (Å²) in [5, 5.41) is 7.32. The van der Waals surface area contributed by atoms with E-state index < -0.39 is 29.8 Å². The van der Waals surface area contributed by atoms with Gasteiger partial charge in [0.2, 0.25) is 11.8 Å². The molecular formula is C22H26F2N4O4. The maximum absolute atomic E-state index is 14.5. The molecule has 0 spiro atoms. The summed E-state index contributed by atoms with van der Waals surface area (Å²) in [7, 11) is 0. The van der Waals surface area contributed by atoms with E-state index >= 15 is 0 Å². The smallest absolute Gasteiger partial charge is 0.339 e. The van der Waals surface area contributed by atoms with Crippen LogP contribution >= 0.6 is 0 Å². The van der Waals surface area contributed by atoms with Crippen LogP contribution in [0.2, 0.25) is 0 Å². The van der Waals surface area contributed by atoms with Gasteiger partial charge in [-0.3, -0.25) is 24.5 Å². The van der Waals surface area contributed by atoms with E-state index in [0.29, 0.717) is 35.6 Å². The summed E-state index contributed by atoms with van der Waals surface area (Å²) in [4.78, 5) is 49.8. The molecule has 0 aliphatic carbocycles. The standard InChI is InChI=1S/C22H26F2N4O4/c1-12-2-6-17(25-9-12)22(23,24)21(32)26-10-13-3-4-15-14(8-13)11-28(20(15)31)16-5-7-18(29)27-19(16)30/h3-4,8,12,16-17,25H,2,5-7,9-11H2,1H3,(H,26,32)(H,27,29,30). The summed E-state index contributed by atoms with van der Waals surface area (Å²) in [6.45, 7) is 2.51. The number of carbonyl (C=O) groups excluding carboxylic acids is 4. The lowest BCUT2D eigenvalue weighted by Gasteiger charge is -2.32. The van der Waals surface area contributed by atoms with Gasteiger partial charge in [-0.05, 0) is 48.9 Å². The normalized spacial score (nSPS) is 26.0. The van der Waals surface area contributed by atoms with Crippen LogP contribution in [0.25, 0.3) is 0 Å². The van der Waals surface area contributed by atoms with Crippen molar-refractivity contribution in [1.29, 1.82) is 0 Å². The van der Waals surface area contributed by atoms with Crippen molar-refractivity contribution in [2.45, 2.75) is 63.7 Å². The van der Waals surface area contributed by atoms with E-state index in [2.05, 4.69) is 16.0 Å². The molecule has 1 aromatic rings. The maximum Gasteiger partial charge on any atom is 0.339 e. The Bertz CT molecular complexity index is 959. The maximum atomic E-state index is 14.5. The third-order valence-corrected chi connectivity index (χ3v) is 6.44. The Morgan fingerprint density at radius 2 is 2.00 bits per heavy atom. The minimum atomic E-state index is -3.52. The largest absolute Gasteiger partial charge is 0.347 e. The first-order valence-electron chi connectivity index (χ1n) is 10.8. The van der Waals surface area contributed by atoms with E-state index in [1.807, 2.05) is 6.92 Å². The highest BCUT2D eigenvalue weighted by atomic mass is 19.3. The zero-order valence-electron chi connectivity index (χ0n) is 17.7. The molecule has 1 aromatic carbocycles. The molecule has 0 radical (unpaired) electrons. The van der Waals surface area contributed by atoms with Gasteiger partial charge in [-0.15, -0.1) is 0 Å². The number of benzene rings is 1. The van der Waals surface area contributed by atoms with Crippen LogP contribution in [0.1, 0.15) is 54.1 Å². The molecule has 3 heterocycles. The van der Waals surface area contributed by atoms with E-state index in [0.717, 1.165) is 0 Å². The molecule has 3 aliphatic heterocycles. The molecule has 4 rings (SSSR count). The fraction of sp³-hybridized carbons (Fsp3) is 0.545. The highest BCUT2D eigenvalue weighted by molar-refractivity contribution is 6.05. The second-order valence-electron chi connectivity index (χ2n) is 8.84. The molecule has 3 N–H and O–H groups in total. The van der Waals surface area contributed by atoms with Gasteiger partial charge in [0.25, 0.3) is 11.8 Å². The monoisotopic (exact) mass is 448 g/mol. The van der Waals surface area contributed by atoms with Gasteiger partial charge in [0.15, 0.2) is 0 Å². The van der Waals surface area contributed by atoms with Crippen molar-refractivity contribution in [2.24, 2.45) is 5.92 Å². The van der Waals surface area contributed by atoms with Crippen molar-refractivity contribution in [2.75, 3.05) is 6.54 Å². The predicted octanol–water partition coefficient (Wildman–Crippen LogP) is 1.09. The molecule has 32 heavy (non-hydrogen) atoms. The molecule has 0 bridgehead atoms. The predicted molar refractivity (Wildman–Crippen MR) is 109 cm³/mol. The van der Waals surface area contributed by atoms with E-state index in [-0.39, 0.29) is 44.2 Å². The Hall–Kier alpha value is -2.88. The molecule has 3 atom stereocenters. The lowest BCUT2D eigenvalue weighted by molar-refractivity contribution is -0.151. The number of piperidine rings is 2. The van der Waals surface area contributed by atoms with Gasteiger partial charge in [0.1, 0.15) is 6.04 Å². The molecule has 10 heteroatoms. The summed E-state index contributed by atoms with van der Waals surface area (Å²) in [5.41, 5.74) is 1.66. The van der Waals surface area contributed by atoms with Crippen LogP contribution < -0.4 is 16.0 Å². The SMILES string of the molecule is CC1CCC(C(F)(F)C(=O)NCc2ccc3c(c2)CN(C2CCC(=O)NC2=O)C3=O)NC1. The lowest BCUT2D eigenvalue weighted by Crippen LogP contribution is -2.56. The van der Waals surface area contributed by atoms with Crippen LogP contribution in [0.5, 0.6) is 0 Å². The van der Waals surface area contributed by atoms with Gasteiger partial charge in [-0.1, -0.05) is 19.1 Å². The quantitative estimate of drug-likeness (QED) is 0.585. The average Bonchev–Trinajstić information content (AvgIpc) is 3.08. The summed E-state index contributed by atoms with van der Waals surface area (Å²) in [6, 6.07) is 2.95. The molecule has 0 aromatic heterocycles. The molecule has 2 saturated heterocycles. The van der Waals surface area contributed by atoms with E-state index in [1.165, 1.54) is 4.90 Å². The summed E-state index contributed by atoms with van der Waals surface area (Å²) in [5.74, 6) is -5.71. The highest BCUT2D eigenvalue weighted by Gasteiger charge is 2.47. The van der Waals surface area contributed by atoms with Crippen molar-refractivity contribution in [3.8, 4) is 0 Å². The van der Waals surface area contributed by atoms with Crippen LogP contribution in [0.3, 0.4) is 0 Å². The average molecular weight is 448 g/mol. The number of nitrogens with zero attached hydrogens (tertiary/aromatic N) is 1. The van der Waals surface area contributed by atoms with Crippen LogP contribution in [0, 0.1) is 5.92 Å². The van der Waals surface area contributed by atoms with E-state index in [1.54, 1.807) is 18.2 Å². The van der Waals surface area contributed by atoms with Crippen molar-refractivity contribution in [3.05, 3.63) is 34.9 Å². The molecule has 172 valence electrons. The van der Waals surface area contributed by atoms with Gasteiger partial charge in [-0.25, -0.2) is 0 Å². The highest BCUT2D eigenvalue weighted by Crippen LogP contribution is 2.29. The Balaban J connectivity index is 1.38. The number of hydrogen-bond acceptors (Lipinski definition) is 5. The number of rotatable bonds is 5. The Morgan fingerprint density at radius 1 is 1.22 bits per heavy atom. The number of alkyl halides is 2. The first-order valence-corrected chi connectivity index (χ1v) is 10.8. The fourth-order valence-corrected chi connectivity index (χ4v) is 4.50.